The van der Waals surface area contributed by atoms with Crippen LogP contribution in [0.5, 0.6) is 11.5 Å². The molecule has 1 atom stereocenters. The van der Waals surface area contributed by atoms with Gasteiger partial charge in [-0.25, -0.2) is 0 Å². The monoisotopic (exact) mass is 555 g/mol. The summed E-state index contributed by atoms with van der Waals surface area (Å²) in [6, 6.07) is 22.2. The van der Waals surface area contributed by atoms with Crippen LogP contribution in [0.1, 0.15) is 34.7 Å². The molecule has 0 radical (unpaired) electrons. The van der Waals surface area contributed by atoms with E-state index >= 15 is 0 Å². The quantitative estimate of drug-likeness (QED) is 0.293. The van der Waals surface area contributed by atoms with Crippen molar-refractivity contribution in [2.45, 2.75) is 25.9 Å². The third-order valence-corrected chi connectivity index (χ3v) is 7.07. The molecule has 2 amide bonds. The van der Waals surface area contributed by atoms with Crippen LogP contribution in [-0.4, -0.2) is 54.2 Å². The first kappa shape index (κ1) is 27.9. The predicted octanol–water partition coefficient (Wildman–Crippen LogP) is 4.53. The van der Waals surface area contributed by atoms with Crippen molar-refractivity contribution >= 4 is 17.5 Å². The summed E-state index contributed by atoms with van der Waals surface area (Å²) in [6.07, 6.45) is 1.61. The molecule has 41 heavy (non-hydrogen) atoms. The Morgan fingerprint density at radius 3 is 2.59 bits per heavy atom. The van der Waals surface area contributed by atoms with Crippen molar-refractivity contribution in [2.24, 2.45) is 5.92 Å². The Morgan fingerprint density at radius 1 is 1.00 bits per heavy atom. The minimum Gasteiger partial charge on any atom is -0.493 e. The van der Waals surface area contributed by atoms with Crippen molar-refractivity contribution in [1.82, 2.24) is 20.4 Å². The summed E-state index contributed by atoms with van der Waals surface area (Å²) in [5.74, 6) is 1.53. The molecule has 3 aromatic carbocycles. The first-order valence-electron chi connectivity index (χ1n) is 13.5. The fourth-order valence-electron chi connectivity index (χ4n) is 4.91. The number of para-hydroxylation sites is 1. The van der Waals surface area contributed by atoms with Gasteiger partial charge in [0.2, 0.25) is 17.6 Å². The summed E-state index contributed by atoms with van der Waals surface area (Å²) >= 11 is 0. The molecule has 4 aromatic rings. The van der Waals surface area contributed by atoms with Gasteiger partial charge in [0.25, 0.3) is 5.91 Å². The van der Waals surface area contributed by atoms with Gasteiger partial charge in [-0.1, -0.05) is 47.6 Å². The van der Waals surface area contributed by atoms with Crippen LogP contribution >= 0.6 is 0 Å². The standard InChI is InChI=1S/C31H33N5O5/c1-39-26-15-14-22(17-27(26)40-2)29-34-28(41-35-29)20-36-16-8-11-23(19-36)30(37)33-25-13-7-6-12-24(25)31(38)32-18-21-9-4-3-5-10-21/h3-7,9-10,12-15,17,23H,8,11,16,18-20H2,1-2H3,(H,32,38)(H,33,37). The van der Waals surface area contributed by atoms with Crippen molar-refractivity contribution in [2.75, 3.05) is 32.6 Å². The summed E-state index contributed by atoms with van der Waals surface area (Å²) in [5.41, 5.74) is 2.68. The fraction of sp³-hybridized carbons (Fsp3) is 0.290. The molecule has 212 valence electrons. The number of rotatable bonds is 10. The molecular weight excluding hydrogens is 522 g/mol. The summed E-state index contributed by atoms with van der Waals surface area (Å²) < 4.78 is 16.2. The second-order valence-electron chi connectivity index (χ2n) is 9.86. The van der Waals surface area contributed by atoms with Gasteiger partial charge in [0.15, 0.2) is 11.5 Å². The summed E-state index contributed by atoms with van der Waals surface area (Å²) in [6.45, 7) is 2.20. The molecule has 1 aromatic heterocycles. The number of methoxy groups -OCH3 is 2. The minimum absolute atomic E-state index is 0.116. The van der Waals surface area contributed by atoms with Crippen molar-refractivity contribution < 1.29 is 23.6 Å². The summed E-state index contributed by atoms with van der Waals surface area (Å²) in [5, 5.41) is 10.1. The van der Waals surface area contributed by atoms with Crippen LogP contribution in [0.15, 0.2) is 77.3 Å². The highest BCUT2D eigenvalue weighted by molar-refractivity contribution is 6.04. The highest BCUT2D eigenvalue weighted by Gasteiger charge is 2.28. The van der Waals surface area contributed by atoms with Crippen LogP contribution in [0.3, 0.4) is 0 Å². The number of piperidine rings is 1. The Hall–Kier alpha value is -4.70. The van der Waals surface area contributed by atoms with E-state index in [0.717, 1.165) is 30.5 Å². The van der Waals surface area contributed by atoms with Crippen LogP contribution in [0, 0.1) is 5.92 Å². The molecule has 1 saturated heterocycles. The van der Waals surface area contributed by atoms with Crippen LogP contribution in [-0.2, 0) is 17.9 Å². The molecule has 1 aliphatic heterocycles. The highest BCUT2D eigenvalue weighted by Crippen LogP contribution is 2.31. The lowest BCUT2D eigenvalue weighted by Crippen LogP contribution is -2.40. The number of hydrogen-bond donors (Lipinski definition) is 2. The Balaban J connectivity index is 1.19. The third kappa shape index (κ3) is 6.90. The van der Waals surface area contributed by atoms with Gasteiger partial charge < -0.3 is 24.6 Å². The number of hydrogen-bond acceptors (Lipinski definition) is 8. The fourth-order valence-corrected chi connectivity index (χ4v) is 4.91. The van der Waals surface area contributed by atoms with Gasteiger partial charge in [-0.3, -0.25) is 14.5 Å². The van der Waals surface area contributed by atoms with Crippen LogP contribution in [0.25, 0.3) is 11.4 Å². The molecule has 1 unspecified atom stereocenters. The van der Waals surface area contributed by atoms with Crippen molar-refractivity contribution in [1.29, 1.82) is 0 Å². The van der Waals surface area contributed by atoms with E-state index in [0.29, 0.717) is 54.1 Å². The number of amides is 2. The van der Waals surface area contributed by atoms with Crippen LogP contribution in [0.2, 0.25) is 0 Å². The zero-order valence-corrected chi connectivity index (χ0v) is 23.1. The average molecular weight is 556 g/mol. The van der Waals surface area contributed by atoms with Gasteiger partial charge in [-0.2, -0.15) is 4.98 Å². The number of carbonyl (C=O) groups excluding carboxylic acids is 2. The van der Waals surface area contributed by atoms with E-state index in [2.05, 4.69) is 25.7 Å². The largest absolute Gasteiger partial charge is 0.493 e. The smallest absolute Gasteiger partial charge is 0.253 e. The maximum Gasteiger partial charge on any atom is 0.253 e. The number of nitrogens with one attached hydrogen (secondary N) is 2. The van der Waals surface area contributed by atoms with Crippen molar-refractivity contribution in [3.8, 4) is 22.9 Å². The number of carbonyl (C=O) groups is 2. The summed E-state index contributed by atoms with van der Waals surface area (Å²) in [4.78, 5) is 32.9. The molecule has 2 heterocycles. The number of ether oxygens (including phenoxy) is 2. The molecule has 2 N–H and O–H groups in total. The SMILES string of the molecule is COc1ccc(-c2noc(CN3CCCC(C(=O)Nc4ccccc4C(=O)NCc4ccccc4)C3)n2)cc1OC. The molecule has 0 bridgehead atoms. The maximum atomic E-state index is 13.3. The maximum absolute atomic E-state index is 13.3. The van der Waals surface area contributed by atoms with E-state index in [1.54, 1.807) is 44.6 Å². The Labute approximate surface area is 238 Å². The second kappa shape index (κ2) is 13.1. The number of aromatic nitrogens is 2. The van der Waals surface area contributed by atoms with Gasteiger partial charge in [-0.05, 0) is 55.3 Å². The Bertz CT molecular complexity index is 1490. The first-order valence-corrected chi connectivity index (χ1v) is 13.5. The zero-order chi connectivity index (χ0) is 28.6. The second-order valence-corrected chi connectivity index (χ2v) is 9.86. The molecule has 5 rings (SSSR count). The molecule has 1 aliphatic rings. The Kier molecular flexibility index (Phi) is 8.90. The van der Waals surface area contributed by atoms with E-state index in [9.17, 15) is 9.59 Å². The van der Waals surface area contributed by atoms with Gasteiger partial charge in [0, 0.05) is 18.7 Å². The van der Waals surface area contributed by atoms with Gasteiger partial charge >= 0.3 is 0 Å². The van der Waals surface area contributed by atoms with Gasteiger partial charge in [-0.15, -0.1) is 0 Å². The first-order chi connectivity index (χ1) is 20.0. The molecule has 10 heteroatoms. The zero-order valence-electron chi connectivity index (χ0n) is 23.1. The third-order valence-electron chi connectivity index (χ3n) is 7.07. The Morgan fingerprint density at radius 2 is 1.78 bits per heavy atom. The molecule has 0 spiro atoms. The van der Waals surface area contributed by atoms with Crippen molar-refractivity contribution in [3.05, 3.63) is 89.8 Å². The molecule has 1 fully saturated rings. The van der Waals surface area contributed by atoms with E-state index < -0.39 is 0 Å². The minimum atomic E-state index is -0.239. The normalized spacial score (nSPS) is 15.2. The molecule has 0 saturated carbocycles. The molecule has 10 nitrogen and oxygen atoms in total. The van der Waals surface area contributed by atoms with E-state index in [1.807, 2.05) is 42.5 Å². The predicted molar refractivity (Wildman–Crippen MR) is 154 cm³/mol. The lowest BCUT2D eigenvalue weighted by atomic mass is 9.96. The topological polar surface area (TPSA) is 119 Å². The van der Waals surface area contributed by atoms with Gasteiger partial charge in [0.1, 0.15) is 0 Å². The van der Waals surface area contributed by atoms with Gasteiger partial charge in [0.05, 0.1) is 37.9 Å². The van der Waals surface area contributed by atoms with E-state index in [4.69, 9.17) is 14.0 Å². The lowest BCUT2D eigenvalue weighted by Gasteiger charge is -2.31. The number of likely N-dealkylation sites (tertiary alicyclic amines) is 1. The molecule has 0 aliphatic carbocycles. The molecular formula is C31H33N5O5. The van der Waals surface area contributed by atoms with Crippen LogP contribution in [0.4, 0.5) is 5.69 Å². The van der Waals surface area contributed by atoms with Crippen molar-refractivity contribution in [3.63, 3.8) is 0 Å². The summed E-state index contributed by atoms with van der Waals surface area (Å²) in [7, 11) is 3.16. The highest BCUT2D eigenvalue weighted by atomic mass is 16.5. The van der Waals surface area contributed by atoms with E-state index in [-0.39, 0.29) is 17.7 Å². The van der Waals surface area contributed by atoms with Crippen LogP contribution < -0.4 is 20.1 Å². The number of benzene rings is 3. The average Bonchev–Trinajstić information content (AvgIpc) is 3.48. The van der Waals surface area contributed by atoms with E-state index in [1.165, 1.54) is 0 Å². The number of nitrogens with zero attached hydrogens (tertiary/aromatic N) is 3. The number of anilines is 1. The lowest BCUT2D eigenvalue weighted by molar-refractivity contribution is -0.121.